The Kier molecular flexibility index (Phi) is 5.47. The average Bonchev–Trinajstić information content (AvgIpc) is 3.40. The third-order valence-corrected chi connectivity index (χ3v) is 10.0. The molecule has 1 aliphatic rings. The fourth-order valence-electron chi connectivity index (χ4n) is 3.84. The van der Waals surface area contributed by atoms with Crippen LogP contribution in [0.1, 0.15) is 12.8 Å². The molecule has 3 heterocycles. The Bertz CT molecular complexity index is 1390. The molecule has 1 saturated heterocycles. The van der Waals surface area contributed by atoms with Crippen LogP contribution in [-0.4, -0.2) is 36.7 Å². The first-order chi connectivity index (χ1) is 14.9. The molecule has 1 aliphatic heterocycles. The highest BCUT2D eigenvalue weighted by Crippen LogP contribution is 2.33. The minimum absolute atomic E-state index is 0.112. The van der Waals surface area contributed by atoms with Crippen LogP contribution >= 0.6 is 34.3 Å². The molecule has 0 bridgehead atoms. The van der Waals surface area contributed by atoms with Gasteiger partial charge in [0, 0.05) is 24.4 Å². The normalized spacial score (nSPS) is 16.2. The summed E-state index contributed by atoms with van der Waals surface area (Å²) < 4.78 is 28.6. The van der Waals surface area contributed by atoms with E-state index in [4.69, 9.17) is 11.6 Å². The van der Waals surface area contributed by atoms with Gasteiger partial charge in [0.15, 0.2) is 5.13 Å². The minimum atomic E-state index is -3.56. The molecular formula is C21H18ClN3O3S3. The maximum absolute atomic E-state index is 12.8. The van der Waals surface area contributed by atoms with E-state index in [0.29, 0.717) is 35.4 Å². The van der Waals surface area contributed by atoms with Gasteiger partial charge in [0.25, 0.3) is 10.0 Å². The third kappa shape index (κ3) is 3.96. The number of fused-ring (bicyclic) bond motifs is 3. The molecule has 31 heavy (non-hydrogen) atoms. The molecule has 1 amide bonds. The second-order valence-electron chi connectivity index (χ2n) is 7.38. The van der Waals surface area contributed by atoms with Gasteiger partial charge >= 0.3 is 0 Å². The fourth-order valence-corrected chi connectivity index (χ4v) is 7.84. The van der Waals surface area contributed by atoms with Gasteiger partial charge in [-0.3, -0.25) is 4.79 Å². The number of sulfonamides is 1. The maximum atomic E-state index is 12.8. The number of piperidine rings is 1. The quantitative estimate of drug-likeness (QED) is 0.425. The van der Waals surface area contributed by atoms with Gasteiger partial charge in [-0.25, -0.2) is 13.4 Å². The lowest BCUT2D eigenvalue weighted by Crippen LogP contribution is -2.41. The molecule has 0 radical (unpaired) electrons. The first kappa shape index (κ1) is 20.8. The zero-order valence-corrected chi connectivity index (χ0v) is 19.5. The summed E-state index contributed by atoms with van der Waals surface area (Å²) in [6.45, 7) is 0.612. The lowest BCUT2D eigenvalue weighted by Gasteiger charge is -2.29. The summed E-state index contributed by atoms with van der Waals surface area (Å²) in [6, 6.07) is 15.2. The van der Waals surface area contributed by atoms with Crippen LogP contribution in [0.4, 0.5) is 5.13 Å². The summed E-state index contributed by atoms with van der Waals surface area (Å²) >= 11 is 8.38. The van der Waals surface area contributed by atoms with Crippen LogP contribution in [0.25, 0.3) is 21.0 Å². The number of thiophene rings is 1. The monoisotopic (exact) mass is 491 g/mol. The molecule has 0 atom stereocenters. The average molecular weight is 492 g/mol. The number of nitrogens with one attached hydrogen (secondary N) is 1. The van der Waals surface area contributed by atoms with Crippen LogP contribution in [0, 0.1) is 5.92 Å². The SMILES string of the molecule is O=C(Nc1nc2c(ccc3ccccc32)s1)C1CCN(S(=O)(=O)c2ccc(Cl)s2)CC1. The number of halogens is 1. The van der Waals surface area contributed by atoms with Crippen molar-refractivity contribution >= 4 is 76.3 Å². The number of hydrogen-bond acceptors (Lipinski definition) is 6. The molecule has 5 rings (SSSR count). The van der Waals surface area contributed by atoms with Crippen molar-refractivity contribution < 1.29 is 13.2 Å². The highest BCUT2D eigenvalue weighted by Gasteiger charge is 2.33. The Balaban J connectivity index is 1.27. The molecular weight excluding hydrogens is 474 g/mol. The fraction of sp³-hybridized carbons (Fsp3) is 0.238. The van der Waals surface area contributed by atoms with Crippen molar-refractivity contribution in [3.05, 3.63) is 52.9 Å². The standard InChI is InChI=1S/C21H18ClN3O3S3/c22-17-7-8-18(30-17)31(27,28)25-11-9-14(10-12-25)20(26)24-21-23-19-15-4-2-1-3-13(15)5-6-16(19)29-21/h1-8,14H,9-12H2,(H,23,24,26). The summed E-state index contributed by atoms with van der Waals surface area (Å²) in [7, 11) is -3.56. The Morgan fingerprint density at radius 2 is 1.84 bits per heavy atom. The second-order valence-corrected chi connectivity index (χ2v) is 12.3. The highest BCUT2D eigenvalue weighted by molar-refractivity contribution is 7.91. The number of hydrogen-bond donors (Lipinski definition) is 1. The van der Waals surface area contributed by atoms with Crippen molar-refractivity contribution in [3.63, 3.8) is 0 Å². The number of aromatic nitrogens is 1. The molecule has 4 aromatic rings. The van der Waals surface area contributed by atoms with E-state index in [1.165, 1.54) is 21.7 Å². The Morgan fingerprint density at radius 3 is 2.58 bits per heavy atom. The van der Waals surface area contributed by atoms with Crippen LogP contribution in [0.5, 0.6) is 0 Å². The summed E-state index contributed by atoms with van der Waals surface area (Å²) in [5.41, 5.74) is 0.883. The predicted octanol–water partition coefficient (Wildman–Crippen LogP) is 5.20. The summed E-state index contributed by atoms with van der Waals surface area (Å²) in [4.78, 5) is 17.5. The van der Waals surface area contributed by atoms with Gasteiger partial charge in [0.2, 0.25) is 5.91 Å². The molecule has 6 nitrogen and oxygen atoms in total. The maximum Gasteiger partial charge on any atom is 0.252 e. The number of carbonyl (C=O) groups excluding carboxylic acids is 1. The lowest BCUT2D eigenvalue weighted by atomic mass is 9.97. The van der Waals surface area contributed by atoms with E-state index in [2.05, 4.69) is 16.4 Å². The summed E-state index contributed by atoms with van der Waals surface area (Å²) in [5, 5.41) is 5.68. The number of rotatable bonds is 4. The number of anilines is 1. The van der Waals surface area contributed by atoms with Crippen molar-refractivity contribution in [3.8, 4) is 0 Å². The third-order valence-electron chi connectivity index (χ3n) is 5.48. The van der Waals surface area contributed by atoms with Gasteiger partial charge in [0.1, 0.15) is 4.21 Å². The molecule has 160 valence electrons. The molecule has 0 unspecified atom stereocenters. The van der Waals surface area contributed by atoms with E-state index in [9.17, 15) is 13.2 Å². The Hall–Kier alpha value is -2.04. The van der Waals surface area contributed by atoms with E-state index in [-0.39, 0.29) is 16.0 Å². The van der Waals surface area contributed by atoms with E-state index in [1.54, 1.807) is 6.07 Å². The number of carbonyl (C=O) groups is 1. The van der Waals surface area contributed by atoms with Crippen LogP contribution in [0.15, 0.2) is 52.7 Å². The van der Waals surface area contributed by atoms with Crippen molar-refractivity contribution in [2.75, 3.05) is 18.4 Å². The second kappa shape index (κ2) is 8.14. The molecule has 1 N–H and O–H groups in total. The first-order valence-corrected chi connectivity index (χ1v) is 13.2. The summed E-state index contributed by atoms with van der Waals surface area (Å²) in [5.74, 6) is -0.360. The Labute approximate surface area is 192 Å². The number of nitrogens with zero attached hydrogens (tertiary/aromatic N) is 2. The predicted molar refractivity (Wildman–Crippen MR) is 127 cm³/mol. The smallest absolute Gasteiger partial charge is 0.252 e. The van der Waals surface area contributed by atoms with Gasteiger partial charge in [-0.2, -0.15) is 4.31 Å². The zero-order valence-electron chi connectivity index (χ0n) is 16.2. The van der Waals surface area contributed by atoms with Gasteiger partial charge < -0.3 is 5.32 Å². The molecule has 2 aromatic heterocycles. The number of amides is 1. The molecule has 0 saturated carbocycles. The van der Waals surface area contributed by atoms with Crippen LogP contribution in [0.2, 0.25) is 4.34 Å². The van der Waals surface area contributed by atoms with Crippen molar-refractivity contribution in [1.29, 1.82) is 0 Å². The van der Waals surface area contributed by atoms with Gasteiger partial charge in [0.05, 0.1) is 14.6 Å². The van der Waals surface area contributed by atoms with Crippen molar-refractivity contribution in [2.45, 2.75) is 17.1 Å². The summed E-state index contributed by atoms with van der Waals surface area (Å²) in [6.07, 6.45) is 0.940. The molecule has 2 aromatic carbocycles. The van der Waals surface area contributed by atoms with Crippen molar-refractivity contribution in [1.82, 2.24) is 9.29 Å². The highest BCUT2D eigenvalue weighted by atomic mass is 35.5. The van der Waals surface area contributed by atoms with Gasteiger partial charge in [-0.05, 0) is 36.4 Å². The molecule has 0 aliphatic carbocycles. The van der Waals surface area contributed by atoms with Crippen molar-refractivity contribution in [2.24, 2.45) is 5.92 Å². The van der Waals surface area contributed by atoms with E-state index < -0.39 is 10.0 Å². The van der Waals surface area contributed by atoms with Crippen LogP contribution < -0.4 is 5.32 Å². The molecule has 1 fully saturated rings. The number of benzene rings is 2. The lowest BCUT2D eigenvalue weighted by molar-refractivity contribution is -0.120. The van der Waals surface area contributed by atoms with Crippen LogP contribution in [0.3, 0.4) is 0 Å². The number of thiazole rings is 1. The van der Waals surface area contributed by atoms with Gasteiger partial charge in [-0.15, -0.1) is 11.3 Å². The topological polar surface area (TPSA) is 79.4 Å². The van der Waals surface area contributed by atoms with Crippen LogP contribution in [-0.2, 0) is 14.8 Å². The largest absolute Gasteiger partial charge is 0.302 e. The van der Waals surface area contributed by atoms with Gasteiger partial charge in [-0.1, -0.05) is 53.3 Å². The molecule has 0 spiro atoms. The zero-order chi connectivity index (χ0) is 21.6. The Morgan fingerprint density at radius 1 is 1.06 bits per heavy atom. The van der Waals surface area contributed by atoms with E-state index >= 15 is 0 Å². The first-order valence-electron chi connectivity index (χ1n) is 9.76. The van der Waals surface area contributed by atoms with E-state index in [1.807, 2.05) is 30.3 Å². The minimum Gasteiger partial charge on any atom is -0.302 e. The van der Waals surface area contributed by atoms with E-state index in [0.717, 1.165) is 32.3 Å². The molecule has 10 heteroatoms.